The minimum Gasteiger partial charge on any atom is -0.379 e. The Morgan fingerprint density at radius 3 is 2.19 bits per heavy atom. The highest BCUT2D eigenvalue weighted by atomic mass is 35.5. The predicted octanol–water partition coefficient (Wildman–Crippen LogP) is 4.07. The van der Waals surface area contributed by atoms with Crippen molar-refractivity contribution in [3.63, 3.8) is 0 Å². The number of nitrogens with zero attached hydrogens (tertiary/aromatic N) is 1. The number of hydrogen-bond donors (Lipinski definition) is 2. The van der Waals surface area contributed by atoms with Crippen molar-refractivity contribution in [2.24, 2.45) is 0 Å². The zero-order valence-corrected chi connectivity index (χ0v) is 21.8. The molecule has 36 heavy (non-hydrogen) atoms. The molecule has 3 aromatic rings. The number of morpholine rings is 1. The molecule has 2 N–H and O–H groups in total. The van der Waals surface area contributed by atoms with Crippen LogP contribution >= 0.6 is 23.2 Å². The van der Waals surface area contributed by atoms with Crippen molar-refractivity contribution in [1.29, 1.82) is 0 Å². The van der Waals surface area contributed by atoms with Gasteiger partial charge in [-0.3, -0.25) is 9.52 Å². The molecule has 190 valence electrons. The lowest BCUT2D eigenvalue weighted by atomic mass is 10.1. The lowest BCUT2D eigenvalue weighted by Crippen LogP contribution is -2.40. The largest absolute Gasteiger partial charge is 0.379 e. The van der Waals surface area contributed by atoms with Crippen molar-refractivity contribution in [2.45, 2.75) is 9.79 Å². The Bertz CT molecular complexity index is 1490. The summed E-state index contributed by atoms with van der Waals surface area (Å²) in [6.45, 7) is 1.08. The minimum atomic E-state index is -4.04. The first-order valence-corrected chi connectivity index (χ1v) is 14.3. The van der Waals surface area contributed by atoms with Crippen molar-refractivity contribution in [1.82, 2.24) is 4.31 Å². The molecule has 0 bridgehead atoms. The lowest BCUT2D eigenvalue weighted by Gasteiger charge is -2.26. The highest BCUT2D eigenvalue weighted by Crippen LogP contribution is 2.26. The molecule has 9 nitrogen and oxygen atoms in total. The molecule has 4 rings (SSSR count). The van der Waals surface area contributed by atoms with E-state index in [2.05, 4.69) is 10.0 Å². The number of halogens is 2. The summed E-state index contributed by atoms with van der Waals surface area (Å²) in [5.74, 6) is -0.688. The number of ether oxygens (including phenoxy) is 1. The molecular weight excluding hydrogens is 549 g/mol. The molecule has 0 unspecified atom stereocenters. The molecule has 1 saturated heterocycles. The van der Waals surface area contributed by atoms with Gasteiger partial charge >= 0.3 is 0 Å². The number of benzene rings is 3. The molecule has 1 amide bonds. The normalized spacial score (nSPS) is 14.8. The number of amides is 1. The average molecular weight is 570 g/mol. The van der Waals surface area contributed by atoms with Gasteiger partial charge in [-0.1, -0.05) is 29.3 Å². The second-order valence-corrected chi connectivity index (χ2v) is 12.2. The van der Waals surface area contributed by atoms with Gasteiger partial charge in [0.15, 0.2) is 0 Å². The maximum absolute atomic E-state index is 13.1. The van der Waals surface area contributed by atoms with Gasteiger partial charge in [0.05, 0.1) is 34.3 Å². The Kier molecular flexibility index (Phi) is 7.88. The van der Waals surface area contributed by atoms with Gasteiger partial charge in [-0.15, -0.1) is 0 Å². The van der Waals surface area contributed by atoms with E-state index in [4.69, 9.17) is 27.9 Å². The Morgan fingerprint density at radius 2 is 1.50 bits per heavy atom. The summed E-state index contributed by atoms with van der Waals surface area (Å²) < 4.78 is 60.5. The Hall–Kier alpha value is -2.67. The van der Waals surface area contributed by atoms with E-state index in [1.165, 1.54) is 71.0 Å². The van der Waals surface area contributed by atoms with E-state index in [0.29, 0.717) is 18.2 Å². The quantitative estimate of drug-likeness (QED) is 0.442. The minimum absolute atomic E-state index is 0.0102. The zero-order valence-electron chi connectivity index (χ0n) is 18.6. The maximum Gasteiger partial charge on any atom is 0.261 e. The van der Waals surface area contributed by atoms with Gasteiger partial charge in [-0.05, 0) is 60.7 Å². The highest BCUT2D eigenvalue weighted by Gasteiger charge is 2.27. The second-order valence-electron chi connectivity index (χ2n) is 7.75. The summed E-state index contributed by atoms with van der Waals surface area (Å²) in [5, 5.41) is 3.20. The van der Waals surface area contributed by atoms with Crippen molar-refractivity contribution < 1.29 is 26.4 Å². The Labute approximate surface area is 219 Å². The van der Waals surface area contributed by atoms with Crippen LogP contribution in [0.2, 0.25) is 10.0 Å². The number of nitrogens with one attached hydrogen (secondary N) is 2. The molecule has 0 radical (unpaired) electrons. The Morgan fingerprint density at radius 1 is 0.833 bits per heavy atom. The molecule has 1 fully saturated rings. The fourth-order valence-electron chi connectivity index (χ4n) is 3.48. The first-order chi connectivity index (χ1) is 17.1. The van der Waals surface area contributed by atoms with E-state index < -0.39 is 26.0 Å². The van der Waals surface area contributed by atoms with Crippen molar-refractivity contribution in [2.75, 3.05) is 36.3 Å². The number of sulfonamides is 2. The van der Waals surface area contributed by atoms with Gasteiger partial charge in [0, 0.05) is 28.8 Å². The molecule has 0 spiro atoms. The van der Waals surface area contributed by atoms with Crippen LogP contribution in [0.5, 0.6) is 0 Å². The standard InChI is InChI=1S/C23H21Cl2N3O6S2/c24-16-4-7-19(8-5-16)35(30,31)27-22-9-6-17(25)14-21(22)23(29)26-18-2-1-3-20(15-18)36(32,33)28-10-12-34-13-11-28/h1-9,14-15,27H,10-13H2,(H,26,29). The maximum atomic E-state index is 13.1. The molecule has 0 aliphatic carbocycles. The number of anilines is 2. The SMILES string of the molecule is O=C(Nc1cccc(S(=O)(=O)N2CCOCC2)c1)c1cc(Cl)ccc1NS(=O)(=O)c1ccc(Cl)cc1. The third-order valence-electron chi connectivity index (χ3n) is 5.29. The van der Waals surface area contributed by atoms with Crippen LogP contribution in [0, 0.1) is 0 Å². The summed E-state index contributed by atoms with van der Waals surface area (Å²) in [7, 11) is -7.81. The summed E-state index contributed by atoms with van der Waals surface area (Å²) >= 11 is 11.9. The molecule has 1 aliphatic heterocycles. The topological polar surface area (TPSA) is 122 Å². The summed E-state index contributed by atoms with van der Waals surface area (Å²) in [6, 6.07) is 15.5. The van der Waals surface area contributed by atoms with Crippen molar-refractivity contribution >= 4 is 60.5 Å². The first-order valence-electron chi connectivity index (χ1n) is 10.6. The molecule has 1 heterocycles. The van der Waals surface area contributed by atoms with Crippen LogP contribution < -0.4 is 10.0 Å². The molecular formula is C23H21Cl2N3O6S2. The van der Waals surface area contributed by atoms with E-state index in [1.54, 1.807) is 0 Å². The fourth-order valence-corrected chi connectivity index (χ4v) is 6.31. The van der Waals surface area contributed by atoms with E-state index in [1.807, 2.05) is 0 Å². The summed E-state index contributed by atoms with van der Waals surface area (Å²) in [6.07, 6.45) is 0. The van der Waals surface area contributed by atoms with Gasteiger partial charge in [0.2, 0.25) is 10.0 Å². The molecule has 1 aliphatic rings. The monoisotopic (exact) mass is 569 g/mol. The van der Waals surface area contributed by atoms with Crippen LogP contribution in [0.3, 0.4) is 0 Å². The summed E-state index contributed by atoms with van der Waals surface area (Å²) in [4.78, 5) is 13.1. The van der Waals surface area contributed by atoms with Crippen LogP contribution in [0.4, 0.5) is 11.4 Å². The van der Waals surface area contributed by atoms with Crippen LogP contribution in [0.1, 0.15) is 10.4 Å². The van der Waals surface area contributed by atoms with Crippen LogP contribution in [0.15, 0.2) is 76.5 Å². The number of carbonyl (C=O) groups is 1. The lowest BCUT2D eigenvalue weighted by molar-refractivity contribution is 0.0730. The summed E-state index contributed by atoms with van der Waals surface area (Å²) in [5.41, 5.74) is 0.145. The van der Waals surface area contributed by atoms with E-state index in [-0.39, 0.29) is 44.8 Å². The van der Waals surface area contributed by atoms with Crippen LogP contribution in [-0.2, 0) is 24.8 Å². The van der Waals surface area contributed by atoms with Gasteiger partial charge in [-0.25, -0.2) is 16.8 Å². The number of carbonyl (C=O) groups excluding carboxylic acids is 1. The van der Waals surface area contributed by atoms with Gasteiger partial charge in [0.25, 0.3) is 15.9 Å². The average Bonchev–Trinajstić information content (AvgIpc) is 2.86. The molecule has 13 heteroatoms. The molecule has 0 atom stereocenters. The highest BCUT2D eigenvalue weighted by molar-refractivity contribution is 7.92. The fraction of sp³-hybridized carbons (Fsp3) is 0.174. The van der Waals surface area contributed by atoms with Crippen molar-refractivity contribution in [3.05, 3.63) is 82.3 Å². The van der Waals surface area contributed by atoms with E-state index in [9.17, 15) is 21.6 Å². The third kappa shape index (κ3) is 6.00. The van der Waals surface area contributed by atoms with Crippen LogP contribution in [-0.4, -0.2) is 53.4 Å². The molecule has 0 aromatic heterocycles. The second kappa shape index (κ2) is 10.8. The molecule has 0 saturated carbocycles. The van der Waals surface area contributed by atoms with E-state index >= 15 is 0 Å². The van der Waals surface area contributed by atoms with Gasteiger partial charge in [-0.2, -0.15) is 4.31 Å². The van der Waals surface area contributed by atoms with Crippen LogP contribution in [0.25, 0.3) is 0 Å². The zero-order chi connectivity index (χ0) is 25.9. The van der Waals surface area contributed by atoms with Gasteiger partial charge < -0.3 is 10.1 Å². The number of hydrogen-bond acceptors (Lipinski definition) is 6. The van der Waals surface area contributed by atoms with Gasteiger partial charge in [0.1, 0.15) is 0 Å². The predicted molar refractivity (Wildman–Crippen MR) is 138 cm³/mol. The molecule has 3 aromatic carbocycles. The van der Waals surface area contributed by atoms with E-state index in [0.717, 1.165) is 0 Å². The Balaban J connectivity index is 1.59. The first kappa shape index (κ1) is 26.4. The third-order valence-corrected chi connectivity index (χ3v) is 9.06. The van der Waals surface area contributed by atoms with Crippen molar-refractivity contribution in [3.8, 4) is 0 Å². The number of rotatable bonds is 7. The smallest absolute Gasteiger partial charge is 0.261 e.